The van der Waals surface area contributed by atoms with Crippen molar-refractivity contribution in [3.05, 3.63) is 99.7 Å². The minimum atomic E-state index is -0.726. The number of benzene rings is 3. The minimum absolute atomic E-state index is 0.0125. The number of rotatable bonds is 9. The van der Waals surface area contributed by atoms with Gasteiger partial charge < -0.3 is 20.1 Å². The number of para-hydroxylation sites is 3. The van der Waals surface area contributed by atoms with E-state index in [1.54, 1.807) is 60.7 Å². The van der Waals surface area contributed by atoms with Crippen LogP contribution in [0.5, 0.6) is 11.5 Å². The third kappa shape index (κ3) is 5.90. The predicted molar refractivity (Wildman–Crippen MR) is 134 cm³/mol. The SMILES string of the molecule is COc1ccccc1NC(=O)CN1C(=O)N/C(=C/c2ccccc2OCc2ccc([N+](=O)[O-])cc2)C1=O. The molecule has 188 valence electrons. The maximum Gasteiger partial charge on any atom is 0.329 e. The summed E-state index contributed by atoms with van der Waals surface area (Å²) in [7, 11) is 1.47. The van der Waals surface area contributed by atoms with E-state index in [0.29, 0.717) is 28.3 Å². The van der Waals surface area contributed by atoms with Crippen molar-refractivity contribution in [2.75, 3.05) is 19.0 Å². The first-order chi connectivity index (χ1) is 17.9. The van der Waals surface area contributed by atoms with Crippen LogP contribution in [0.4, 0.5) is 16.2 Å². The van der Waals surface area contributed by atoms with Crippen LogP contribution >= 0.6 is 0 Å². The lowest BCUT2D eigenvalue weighted by atomic mass is 10.1. The molecule has 1 fully saturated rings. The molecule has 4 rings (SSSR count). The molecule has 0 bridgehead atoms. The second-order valence-corrected chi connectivity index (χ2v) is 7.88. The molecule has 0 saturated carbocycles. The van der Waals surface area contributed by atoms with Crippen molar-refractivity contribution in [1.29, 1.82) is 0 Å². The number of carbonyl (C=O) groups is 3. The highest BCUT2D eigenvalue weighted by Gasteiger charge is 2.35. The number of ether oxygens (including phenoxy) is 2. The number of amides is 4. The number of carbonyl (C=O) groups excluding carboxylic acids is 3. The zero-order chi connectivity index (χ0) is 26.4. The number of hydrogen-bond acceptors (Lipinski definition) is 7. The third-order valence-corrected chi connectivity index (χ3v) is 5.41. The molecule has 1 aliphatic rings. The number of urea groups is 1. The second-order valence-electron chi connectivity index (χ2n) is 7.88. The molecule has 0 radical (unpaired) electrons. The number of nitro groups is 1. The molecule has 0 aliphatic carbocycles. The van der Waals surface area contributed by atoms with Crippen LogP contribution in [0.15, 0.2) is 78.5 Å². The zero-order valence-electron chi connectivity index (χ0n) is 19.7. The highest BCUT2D eigenvalue weighted by atomic mass is 16.6. The second kappa shape index (κ2) is 11.0. The van der Waals surface area contributed by atoms with Crippen LogP contribution in [0.1, 0.15) is 11.1 Å². The predicted octanol–water partition coefficient (Wildman–Crippen LogP) is 3.71. The summed E-state index contributed by atoms with van der Waals surface area (Å²) in [4.78, 5) is 49.0. The van der Waals surface area contributed by atoms with Gasteiger partial charge in [0.15, 0.2) is 0 Å². The summed E-state index contributed by atoms with van der Waals surface area (Å²) < 4.78 is 11.0. The molecule has 0 spiro atoms. The Balaban J connectivity index is 1.44. The Morgan fingerprint density at radius 1 is 1.03 bits per heavy atom. The Bertz CT molecular complexity index is 1390. The van der Waals surface area contributed by atoms with Gasteiger partial charge >= 0.3 is 6.03 Å². The molecule has 11 heteroatoms. The Hall–Kier alpha value is -5.19. The van der Waals surface area contributed by atoms with E-state index in [2.05, 4.69) is 10.6 Å². The number of anilines is 1. The summed E-state index contributed by atoms with van der Waals surface area (Å²) in [5.74, 6) is -0.354. The molecule has 3 aromatic carbocycles. The number of imide groups is 1. The van der Waals surface area contributed by atoms with Crippen molar-refractivity contribution < 1.29 is 28.8 Å². The maximum absolute atomic E-state index is 12.9. The molecule has 2 N–H and O–H groups in total. The maximum atomic E-state index is 12.9. The van der Waals surface area contributed by atoms with Crippen molar-refractivity contribution in [3.8, 4) is 11.5 Å². The Morgan fingerprint density at radius 2 is 1.70 bits per heavy atom. The molecule has 3 aromatic rings. The van der Waals surface area contributed by atoms with Crippen LogP contribution in [0.25, 0.3) is 6.08 Å². The van der Waals surface area contributed by atoms with E-state index >= 15 is 0 Å². The van der Waals surface area contributed by atoms with Crippen LogP contribution in [0.3, 0.4) is 0 Å². The van der Waals surface area contributed by atoms with Crippen molar-refractivity contribution in [2.24, 2.45) is 0 Å². The smallest absolute Gasteiger partial charge is 0.329 e. The molecule has 0 atom stereocenters. The summed E-state index contributed by atoms with van der Waals surface area (Å²) >= 11 is 0. The van der Waals surface area contributed by atoms with Crippen molar-refractivity contribution in [1.82, 2.24) is 10.2 Å². The molecule has 0 unspecified atom stereocenters. The molecule has 1 aliphatic heterocycles. The fourth-order valence-electron chi connectivity index (χ4n) is 3.56. The van der Waals surface area contributed by atoms with Crippen LogP contribution in [0, 0.1) is 10.1 Å². The van der Waals surface area contributed by atoms with Gasteiger partial charge in [0, 0.05) is 17.7 Å². The van der Waals surface area contributed by atoms with Crippen molar-refractivity contribution in [2.45, 2.75) is 6.61 Å². The van der Waals surface area contributed by atoms with Crippen LogP contribution in [-0.2, 0) is 16.2 Å². The molecule has 0 aromatic heterocycles. The molecule has 1 saturated heterocycles. The topological polar surface area (TPSA) is 140 Å². The molecular formula is C26H22N4O7. The zero-order valence-corrected chi connectivity index (χ0v) is 19.7. The summed E-state index contributed by atoms with van der Waals surface area (Å²) in [6.45, 7) is -0.355. The standard InChI is InChI=1S/C26H22N4O7/c1-36-23-9-5-3-7-20(23)27-24(31)15-29-25(32)21(28-26(29)33)14-18-6-2-4-8-22(18)37-16-17-10-12-19(13-11-17)30(34)35/h2-14H,15-16H2,1H3,(H,27,31)(H,28,33)/b21-14+. The molecule has 37 heavy (non-hydrogen) atoms. The van der Waals surface area contributed by atoms with Gasteiger partial charge in [-0.15, -0.1) is 0 Å². The van der Waals surface area contributed by atoms with Gasteiger partial charge in [0.1, 0.15) is 30.3 Å². The Morgan fingerprint density at radius 3 is 2.41 bits per heavy atom. The fraction of sp³-hybridized carbons (Fsp3) is 0.115. The molecule has 11 nitrogen and oxygen atoms in total. The fourth-order valence-corrected chi connectivity index (χ4v) is 3.56. The summed E-state index contributed by atoms with van der Waals surface area (Å²) in [6, 6.07) is 18.9. The van der Waals surface area contributed by atoms with Crippen LogP contribution in [-0.4, -0.2) is 41.3 Å². The molecule has 4 amide bonds. The Labute approximate surface area is 211 Å². The number of nitro benzene ring substituents is 1. The van der Waals surface area contributed by atoms with E-state index in [1.165, 1.54) is 25.3 Å². The van der Waals surface area contributed by atoms with Gasteiger partial charge in [-0.05, 0) is 42.0 Å². The minimum Gasteiger partial charge on any atom is -0.495 e. The van der Waals surface area contributed by atoms with Gasteiger partial charge in [-0.1, -0.05) is 30.3 Å². The number of hydrogen-bond donors (Lipinski definition) is 2. The molecular weight excluding hydrogens is 480 g/mol. The third-order valence-electron chi connectivity index (χ3n) is 5.41. The number of methoxy groups -OCH3 is 1. The van der Waals surface area contributed by atoms with Crippen LogP contribution < -0.4 is 20.1 Å². The molecule has 1 heterocycles. The van der Waals surface area contributed by atoms with Gasteiger partial charge in [-0.3, -0.25) is 19.7 Å². The van der Waals surface area contributed by atoms with Gasteiger partial charge in [-0.25, -0.2) is 9.69 Å². The lowest BCUT2D eigenvalue weighted by Gasteiger charge is -2.13. The summed E-state index contributed by atoms with van der Waals surface area (Å²) in [6.07, 6.45) is 1.46. The lowest BCUT2D eigenvalue weighted by molar-refractivity contribution is -0.384. The van der Waals surface area contributed by atoms with E-state index in [4.69, 9.17) is 9.47 Å². The summed E-state index contributed by atoms with van der Waals surface area (Å²) in [5, 5.41) is 15.9. The first-order valence-corrected chi connectivity index (χ1v) is 11.1. The van der Waals surface area contributed by atoms with Gasteiger partial charge in [0.2, 0.25) is 5.91 Å². The van der Waals surface area contributed by atoms with Crippen LogP contribution in [0.2, 0.25) is 0 Å². The Kier molecular flexibility index (Phi) is 7.43. The quantitative estimate of drug-likeness (QED) is 0.197. The van der Waals surface area contributed by atoms with Gasteiger partial charge in [-0.2, -0.15) is 0 Å². The monoisotopic (exact) mass is 502 g/mol. The lowest BCUT2D eigenvalue weighted by Crippen LogP contribution is -2.38. The average Bonchev–Trinajstić information content (AvgIpc) is 3.16. The van der Waals surface area contributed by atoms with Gasteiger partial charge in [0.05, 0.1) is 17.7 Å². The van der Waals surface area contributed by atoms with Crippen molar-refractivity contribution >= 4 is 35.3 Å². The van der Waals surface area contributed by atoms with E-state index in [-0.39, 0.29) is 18.0 Å². The highest BCUT2D eigenvalue weighted by Crippen LogP contribution is 2.25. The number of non-ortho nitro benzene ring substituents is 1. The summed E-state index contributed by atoms with van der Waals surface area (Å²) in [5.41, 5.74) is 1.61. The van der Waals surface area contributed by atoms with E-state index in [1.807, 2.05) is 0 Å². The van der Waals surface area contributed by atoms with Crippen molar-refractivity contribution in [3.63, 3.8) is 0 Å². The van der Waals surface area contributed by atoms with E-state index in [0.717, 1.165) is 4.90 Å². The average molecular weight is 502 g/mol. The van der Waals surface area contributed by atoms with E-state index < -0.39 is 29.3 Å². The largest absolute Gasteiger partial charge is 0.495 e. The number of nitrogens with zero attached hydrogens (tertiary/aromatic N) is 2. The normalized spacial score (nSPS) is 13.9. The highest BCUT2D eigenvalue weighted by molar-refractivity contribution is 6.16. The van der Waals surface area contributed by atoms with E-state index in [9.17, 15) is 24.5 Å². The first kappa shape index (κ1) is 24.9. The number of nitrogens with one attached hydrogen (secondary N) is 2. The van der Waals surface area contributed by atoms with Gasteiger partial charge in [0.25, 0.3) is 11.6 Å². The first-order valence-electron chi connectivity index (χ1n) is 11.1.